The fraction of sp³-hybridized carbons (Fsp3) is 0.0727. The molecule has 0 saturated heterocycles. The normalized spacial score (nSPS) is 12.8. The van der Waals surface area contributed by atoms with Gasteiger partial charge in [0.25, 0.3) is 0 Å². The summed E-state index contributed by atoms with van der Waals surface area (Å²) in [4.78, 5) is 15.5. The summed E-state index contributed by atoms with van der Waals surface area (Å²) in [5, 5.41) is 2.41. The number of hydrogen-bond donors (Lipinski definition) is 0. The summed E-state index contributed by atoms with van der Waals surface area (Å²) in [6.45, 7) is 4.65. The summed E-state index contributed by atoms with van der Waals surface area (Å²) < 4.78 is 2.47. The van der Waals surface area contributed by atoms with E-state index in [2.05, 4.69) is 184 Å². The van der Waals surface area contributed by atoms with Crippen LogP contribution in [0.4, 0.5) is 0 Å². The van der Waals surface area contributed by atoms with E-state index in [9.17, 15) is 0 Å². The Balaban J connectivity index is 0.970. The van der Waals surface area contributed by atoms with Gasteiger partial charge in [0.2, 0.25) is 0 Å². The fourth-order valence-electron chi connectivity index (χ4n) is 8.90. The van der Waals surface area contributed by atoms with Crippen LogP contribution in [0.1, 0.15) is 36.1 Å². The Hall–Kier alpha value is -7.01. The predicted octanol–water partition coefficient (Wildman–Crippen LogP) is 14.5. The Labute approximate surface area is 348 Å². The van der Waals surface area contributed by atoms with Gasteiger partial charge in [-0.05, 0) is 86.3 Å². The van der Waals surface area contributed by atoms with Crippen LogP contribution >= 0.6 is 11.3 Å². The van der Waals surface area contributed by atoms with Crippen LogP contribution in [0, 0.1) is 0 Å². The maximum absolute atomic E-state index is 5.23. The molecule has 0 radical (unpaired) electrons. The van der Waals surface area contributed by atoms with Crippen molar-refractivity contribution in [2.75, 3.05) is 0 Å². The summed E-state index contributed by atoms with van der Waals surface area (Å²) in [6, 6.07) is 67.5. The van der Waals surface area contributed by atoms with E-state index in [-0.39, 0.29) is 5.41 Å². The molecule has 4 heteroatoms. The minimum Gasteiger partial charge on any atom is -0.208 e. The van der Waals surface area contributed by atoms with Gasteiger partial charge in [0.1, 0.15) is 0 Å². The largest absolute Gasteiger partial charge is 0.208 e. The first kappa shape index (κ1) is 35.2. The van der Waals surface area contributed by atoms with Gasteiger partial charge in [-0.25, -0.2) is 15.0 Å². The van der Waals surface area contributed by atoms with Crippen LogP contribution in [0.2, 0.25) is 0 Å². The molecule has 280 valence electrons. The molecule has 0 amide bonds. The standard InChI is InChI=1S/C55H39N3S/c1-55(2)47-18-10-9-16-43(47)45-34-42(29-30-48(45)55)39-25-27-41(28-26-39)53-56-52(40-14-7-4-8-15-40)57-54(58-53)44-17-11-19-50-51(44)46-33-36(22-31-49(46)59-50)32-35-20-23-38(24-21-35)37-12-5-3-6-13-37/h3-31,33-34H,32H2,1-2H3. The van der Waals surface area contributed by atoms with E-state index in [0.717, 1.165) is 28.7 Å². The number of hydrogen-bond acceptors (Lipinski definition) is 4. The van der Waals surface area contributed by atoms with E-state index in [0.29, 0.717) is 17.5 Å². The second-order valence-electron chi connectivity index (χ2n) is 16.0. The monoisotopic (exact) mass is 773 g/mol. The third-order valence-corrected chi connectivity index (χ3v) is 13.1. The average molecular weight is 774 g/mol. The van der Waals surface area contributed by atoms with Gasteiger partial charge in [-0.3, -0.25) is 0 Å². The number of fused-ring (bicyclic) bond motifs is 6. The molecule has 0 N–H and O–H groups in total. The lowest BCUT2D eigenvalue weighted by atomic mass is 9.82. The van der Waals surface area contributed by atoms with Crippen molar-refractivity contribution in [1.82, 2.24) is 15.0 Å². The highest BCUT2D eigenvalue weighted by Gasteiger charge is 2.35. The number of nitrogens with zero attached hydrogens (tertiary/aromatic N) is 3. The van der Waals surface area contributed by atoms with Crippen molar-refractivity contribution in [1.29, 1.82) is 0 Å². The van der Waals surface area contributed by atoms with Gasteiger partial charge in [0.15, 0.2) is 17.5 Å². The Morgan fingerprint density at radius 1 is 0.390 bits per heavy atom. The molecule has 0 aliphatic heterocycles. The first-order valence-corrected chi connectivity index (χ1v) is 21.0. The van der Waals surface area contributed by atoms with E-state index in [1.54, 1.807) is 0 Å². The molecule has 59 heavy (non-hydrogen) atoms. The maximum Gasteiger partial charge on any atom is 0.164 e. The highest BCUT2D eigenvalue weighted by molar-refractivity contribution is 7.25. The van der Waals surface area contributed by atoms with Crippen molar-refractivity contribution in [3.63, 3.8) is 0 Å². The smallest absolute Gasteiger partial charge is 0.164 e. The third kappa shape index (κ3) is 6.24. The van der Waals surface area contributed by atoms with E-state index >= 15 is 0 Å². The van der Waals surface area contributed by atoms with E-state index in [4.69, 9.17) is 15.0 Å². The van der Waals surface area contributed by atoms with Gasteiger partial charge >= 0.3 is 0 Å². The lowest BCUT2D eigenvalue weighted by molar-refractivity contribution is 0.660. The van der Waals surface area contributed by atoms with Crippen LogP contribution in [0.25, 0.3) is 87.7 Å². The lowest BCUT2D eigenvalue weighted by Crippen LogP contribution is -2.14. The van der Waals surface area contributed by atoms with Crippen molar-refractivity contribution in [3.8, 4) is 67.5 Å². The summed E-state index contributed by atoms with van der Waals surface area (Å²) in [7, 11) is 0. The quantitative estimate of drug-likeness (QED) is 0.162. The molecule has 10 aromatic rings. The molecule has 1 aliphatic rings. The van der Waals surface area contributed by atoms with Crippen molar-refractivity contribution in [2.24, 2.45) is 0 Å². The molecule has 0 bridgehead atoms. The minimum absolute atomic E-state index is 0.0149. The molecule has 2 aromatic heterocycles. The van der Waals surface area contributed by atoms with Gasteiger partial charge in [-0.15, -0.1) is 11.3 Å². The number of aromatic nitrogens is 3. The molecule has 11 rings (SSSR count). The molecule has 0 saturated carbocycles. The number of rotatable bonds is 7. The molecule has 0 spiro atoms. The zero-order chi connectivity index (χ0) is 39.5. The third-order valence-electron chi connectivity index (χ3n) is 12.0. The first-order chi connectivity index (χ1) is 29.0. The summed E-state index contributed by atoms with van der Waals surface area (Å²) in [5.74, 6) is 1.98. The SMILES string of the molecule is CC1(C)c2ccccc2-c2cc(-c3ccc(-c4nc(-c5ccccc5)nc(-c5cccc6sc7ccc(Cc8ccc(-c9ccccc9)cc8)cc7c56)n4)cc3)ccc21. The topological polar surface area (TPSA) is 38.7 Å². The molecular formula is C55H39N3S. The second-order valence-corrected chi connectivity index (χ2v) is 17.1. The lowest BCUT2D eigenvalue weighted by Gasteiger charge is -2.21. The molecule has 0 fully saturated rings. The fourth-order valence-corrected chi connectivity index (χ4v) is 10.0. The zero-order valence-electron chi connectivity index (χ0n) is 32.9. The van der Waals surface area contributed by atoms with Crippen LogP contribution in [0.15, 0.2) is 188 Å². The Morgan fingerprint density at radius 2 is 0.932 bits per heavy atom. The predicted molar refractivity (Wildman–Crippen MR) is 247 cm³/mol. The van der Waals surface area contributed by atoms with Crippen LogP contribution in [0.3, 0.4) is 0 Å². The highest BCUT2D eigenvalue weighted by atomic mass is 32.1. The molecular weight excluding hydrogens is 735 g/mol. The van der Waals surface area contributed by atoms with E-state index < -0.39 is 0 Å². The highest BCUT2D eigenvalue weighted by Crippen LogP contribution is 2.49. The average Bonchev–Trinajstić information content (AvgIpc) is 3.78. The molecule has 2 heterocycles. The van der Waals surface area contributed by atoms with Crippen molar-refractivity contribution >= 4 is 31.5 Å². The van der Waals surface area contributed by atoms with Gasteiger partial charge in [-0.2, -0.15) is 0 Å². The Morgan fingerprint density at radius 3 is 1.69 bits per heavy atom. The molecule has 8 aromatic carbocycles. The van der Waals surface area contributed by atoms with Gasteiger partial charge in [-0.1, -0.05) is 178 Å². The zero-order valence-corrected chi connectivity index (χ0v) is 33.7. The van der Waals surface area contributed by atoms with Crippen LogP contribution in [-0.2, 0) is 11.8 Å². The summed E-state index contributed by atoms with van der Waals surface area (Å²) in [5.41, 5.74) is 15.7. The molecule has 0 atom stereocenters. The summed E-state index contributed by atoms with van der Waals surface area (Å²) >= 11 is 1.82. The second kappa shape index (κ2) is 14.1. The molecule has 3 nitrogen and oxygen atoms in total. The van der Waals surface area contributed by atoms with Crippen molar-refractivity contribution < 1.29 is 0 Å². The molecule has 1 aliphatic carbocycles. The van der Waals surface area contributed by atoms with Gasteiger partial charge < -0.3 is 0 Å². The first-order valence-electron chi connectivity index (χ1n) is 20.2. The number of thiophene rings is 1. The molecule has 0 unspecified atom stereocenters. The van der Waals surface area contributed by atoms with E-state index in [1.807, 2.05) is 29.5 Å². The summed E-state index contributed by atoms with van der Waals surface area (Å²) in [6.07, 6.45) is 0.852. The Bertz CT molecular complexity index is 3180. The number of benzene rings is 8. The van der Waals surface area contributed by atoms with Crippen LogP contribution < -0.4 is 0 Å². The minimum atomic E-state index is -0.0149. The Kier molecular flexibility index (Phi) is 8.42. The van der Waals surface area contributed by atoms with Crippen LogP contribution in [-0.4, -0.2) is 15.0 Å². The van der Waals surface area contributed by atoms with Gasteiger partial charge in [0, 0.05) is 42.3 Å². The van der Waals surface area contributed by atoms with E-state index in [1.165, 1.54) is 70.2 Å². The van der Waals surface area contributed by atoms with Crippen molar-refractivity contribution in [3.05, 3.63) is 210 Å². The maximum atomic E-state index is 5.23. The van der Waals surface area contributed by atoms with Crippen LogP contribution in [0.5, 0.6) is 0 Å². The van der Waals surface area contributed by atoms with Gasteiger partial charge in [0.05, 0.1) is 0 Å². The van der Waals surface area contributed by atoms with Crippen molar-refractivity contribution in [2.45, 2.75) is 25.7 Å².